The second-order valence-electron chi connectivity index (χ2n) is 4.79. The Hall–Kier alpha value is -2.09. The molecule has 3 rings (SSSR count). The van der Waals surface area contributed by atoms with E-state index in [1.807, 2.05) is 24.3 Å². The van der Waals surface area contributed by atoms with Gasteiger partial charge in [0.2, 0.25) is 5.89 Å². The van der Waals surface area contributed by atoms with Gasteiger partial charge in [-0.15, -0.1) is 0 Å². The number of nitrogens with zero attached hydrogens (tertiary/aromatic N) is 1. The van der Waals surface area contributed by atoms with Crippen molar-refractivity contribution in [3.05, 3.63) is 54.1 Å². The molecule has 96 valence electrons. The minimum Gasteiger partial charge on any atom is -0.436 e. The van der Waals surface area contributed by atoms with Gasteiger partial charge in [0, 0.05) is 5.56 Å². The largest absolute Gasteiger partial charge is 0.436 e. The fourth-order valence-corrected chi connectivity index (χ4v) is 2.19. The van der Waals surface area contributed by atoms with Crippen LogP contribution in [0, 0.1) is 0 Å². The molecule has 0 N–H and O–H groups in total. The van der Waals surface area contributed by atoms with Gasteiger partial charge in [-0.3, -0.25) is 0 Å². The molecule has 3 aromatic rings. The molecule has 0 aliphatic heterocycles. The highest BCUT2D eigenvalue weighted by molar-refractivity contribution is 5.75. The Balaban J connectivity index is 1.88. The molecule has 0 fully saturated rings. The Bertz CT molecular complexity index is 634. The summed E-state index contributed by atoms with van der Waals surface area (Å²) in [6, 6.07) is 16.4. The van der Waals surface area contributed by atoms with Gasteiger partial charge >= 0.3 is 0 Å². The zero-order chi connectivity index (χ0) is 13.1. The monoisotopic (exact) mass is 251 g/mol. The first kappa shape index (κ1) is 12.0. The van der Waals surface area contributed by atoms with Crippen LogP contribution in [-0.2, 0) is 6.42 Å². The first-order chi connectivity index (χ1) is 9.36. The Morgan fingerprint density at radius 1 is 1.00 bits per heavy atom. The smallest absolute Gasteiger partial charge is 0.227 e. The predicted molar refractivity (Wildman–Crippen MR) is 78.1 cm³/mol. The average Bonchev–Trinajstić information content (AvgIpc) is 2.89. The second-order valence-corrected chi connectivity index (χ2v) is 4.79. The van der Waals surface area contributed by atoms with Crippen molar-refractivity contribution >= 4 is 11.1 Å². The van der Waals surface area contributed by atoms with E-state index in [4.69, 9.17) is 4.42 Å². The van der Waals surface area contributed by atoms with Gasteiger partial charge in [0.05, 0.1) is 0 Å². The van der Waals surface area contributed by atoms with E-state index in [0.29, 0.717) is 5.89 Å². The first-order valence-corrected chi connectivity index (χ1v) is 6.81. The minimum atomic E-state index is 0.697. The summed E-state index contributed by atoms with van der Waals surface area (Å²) in [5.41, 5.74) is 4.17. The maximum Gasteiger partial charge on any atom is 0.227 e. The van der Waals surface area contributed by atoms with Gasteiger partial charge in [-0.05, 0) is 42.7 Å². The molecule has 0 aliphatic rings. The maximum atomic E-state index is 5.76. The number of rotatable bonds is 4. The molecule has 0 amide bonds. The van der Waals surface area contributed by atoms with E-state index in [1.54, 1.807) is 0 Å². The summed E-state index contributed by atoms with van der Waals surface area (Å²) < 4.78 is 5.76. The number of hydrogen-bond donors (Lipinski definition) is 0. The molecule has 2 heteroatoms. The number of unbranched alkanes of at least 4 members (excludes halogenated alkanes) is 1. The fraction of sp³-hybridized carbons (Fsp3) is 0.235. The third-order valence-electron chi connectivity index (χ3n) is 3.31. The highest BCUT2D eigenvalue weighted by Gasteiger charge is 2.07. The van der Waals surface area contributed by atoms with Crippen molar-refractivity contribution in [1.82, 2.24) is 4.98 Å². The first-order valence-electron chi connectivity index (χ1n) is 6.81. The van der Waals surface area contributed by atoms with Gasteiger partial charge in [0.1, 0.15) is 5.52 Å². The number of benzene rings is 2. The summed E-state index contributed by atoms with van der Waals surface area (Å²) in [6.45, 7) is 2.21. The lowest BCUT2D eigenvalue weighted by Crippen LogP contribution is -1.84. The van der Waals surface area contributed by atoms with E-state index < -0.39 is 0 Å². The van der Waals surface area contributed by atoms with Crippen LogP contribution in [0.5, 0.6) is 0 Å². The van der Waals surface area contributed by atoms with Crippen LogP contribution in [0.3, 0.4) is 0 Å². The number of aryl methyl sites for hydroxylation is 1. The van der Waals surface area contributed by atoms with E-state index in [1.165, 1.54) is 18.4 Å². The zero-order valence-corrected chi connectivity index (χ0v) is 11.1. The Morgan fingerprint density at radius 2 is 1.79 bits per heavy atom. The SMILES string of the molecule is CCCCc1ccc(-c2nc3ccccc3o2)cc1. The third kappa shape index (κ3) is 2.53. The number of hydrogen-bond acceptors (Lipinski definition) is 2. The zero-order valence-electron chi connectivity index (χ0n) is 11.1. The molecular formula is C17H17NO. The lowest BCUT2D eigenvalue weighted by atomic mass is 10.1. The summed E-state index contributed by atoms with van der Waals surface area (Å²) in [5.74, 6) is 0.697. The van der Waals surface area contributed by atoms with Crippen molar-refractivity contribution in [2.24, 2.45) is 0 Å². The van der Waals surface area contributed by atoms with Crippen molar-refractivity contribution in [2.45, 2.75) is 26.2 Å². The molecule has 0 radical (unpaired) electrons. The van der Waals surface area contributed by atoms with Gasteiger partial charge < -0.3 is 4.42 Å². The number of para-hydroxylation sites is 2. The lowest BCUT2D eigenvalue weighted by Gasteiger charge is -2.00. The number of oxazole rings is 1. The molecule has 2 nitrogen and oxygen atoms in total. The molecule has 0 bridgehead atoms. The van der Waals surface area contributed by atoms with Crippen LogP contribution >= 0.6 is 0 Å². The highest BCUT2D eigenvalue weighted by atomic mass is 16.3. The number of fused-ring (bicyclic) bond motifs is 1. The summed E-state index contributed by atoms with van der Waals surface area (Å²) in [6.07, 6.45) is 3.61. The van der Waals surface area contributed by atoms with Crippen molar-refractivity contribution in [3.63, 3.8) is 0 Å². The van der Waals surface area contributed by atoms with Crippen molar-refractivity contribution in [3.8, 4) is 11.5 Å². The topological polar surface area (TPSA) is 26.0 Å². The fourth-order valence-electron chi connectivity index (χ4n) is 2.19. The van der Waals surface area contributed by atoms with Crippen LogP contribution in [0.15, 0.2) is 52.9 Å². The van der Waals surface area contributed by atoms with Crippen LogP contribution in [0.1, 0.15) is 25.3 Å². The van der Waals surface area contributed by atoms with Crippen molar-refractivity contribution in [1.29, 1.82) is 0 Å². The van der Waals surface area contributed by atoms with E-state index >= 15 is 0 Å². The molecule has 0 aliphatic carbocycles. The summed E-state index contributed by atoms with van der Waals surface area (Å²) in [7, 11) is 0. The van der Waals surface area contributed by atoms with Crippen LogP contribution in [0.25, 0.3) is 22.6 Å². The van der Waals surface area contributed by atoms with Crippen molar-refractivity contribution in [2.75, 3.05) is 0 Å². The highest BCUT2D eigenvalue weighted by Crippen LogP contribution is 2.24. The second kappa shape index (κ2) is 5.27. The van der Waals surface area contributed by atoms with Crippen LogP contribution in [0.2, 0.25) is 0 Å². The molecule has 1 aromatic heterocycles. The van der Waals surface area contributed by atoms with Gasteiger partial charge in [0.25, 0.3) is 0 Å². The maximum absolute atomic E-state index is 5.76. The van der Waals surface area contributed by atoms with Crippen LogP contribution < -0.4 is 0 Å². The molecular weight excluding hydrogens is 234 g/mol. The molecule has 19 heavy (non-hydrogen) atoms. The Kier molecular flexibility index (Phi) is 3.32. The standard InChI is InChI=1S/C17H17NO/c1-2-3-6-13-9-11-14(12-10-13)17-18-15-7-4-5-8-16(15)19-17/h4-5,7-12H,2-3,6H2,1H3. The quantitative estimate of drug-likeness (QED) is 0.663. The summed E-state index contributed by atoms with van der Waals surface area (Å²) in [5, 5.41) is 0. The molecule has 0 atom stereocenters. The molecule has 1 heterocycles. The van der Waals surface area contributed by atoms with Crippen LogP contribution in [-0.4, -0.2) is 4.98 Å². The van der Waals surface area contributed by atoms with Gasteiger partial charge in [-0.25, -0.2) is 4.98 Å². The Morgan fingerprint density at radius 3 is 2.53 bits per heavy atom. The van der Waals surface area contributed by atoms with E-state index in [-0.39, 0.29) is 0 Å². The van der Waals surface area contributed by atoms with Crippen LogP contribution in [0.4, 0.5) is 0 Å². The number of aromatic nitrogens is 1. The molecule has 2 aromatic carbocycles. The van der Waals surface area contributed by atoms with Gasteiger partial charge in [-0.1, -0.05) is 37.6 Å². The van der Waals surface area contributed by atoms with Gasteiger partial charge in [-0.2, -0.15) is 0 Å². The predicted octanol–water partition coefficient (Wildman–Crippen LogP) is 4.84. The third-order valence-corrected chi connectivity index (χ3v) is 3.31. The average molecular weight is 251 g/mol. The van der Waals surface area contributed by atoms with E-state index in [0.717, 1.165) is 23.1 Å². The summed E-state index contributed by atoms with van der Waals surface area (Å²) in [4.78, 5) is 4.51. The minimum absolute atomic E-state index is 0.697. The summed E-state index contributed by atoms with van der Waals surface area (Å²) >= 11 is 0. The Labute approximate surface area is 113 Å². The van der Waals surface area contributed by atoms with Crippen molar-refractivity contribution < 1.29 is 4.42 Å². The molecule has 0 unspecified atom stereocenters. The lowest BCUT2D eigenvalue weighted by molar-refractivity contribution is 0.620. The normalized spacial score (nSPS) is 11.0. The van der Waals surface area contributed by atoms with E-state index in [9.17, 15) is 0 Å². The molecule has 0 spiro atoms. The van der Waals surface area contributed by atoms with Gasteiger partial charge in [0.15, 0.2) is 5.58 Å². The molecule has 0 saturated heterocycles. The van der Waals surface area contributed by atoms with E-state index in [2.05, 4.69) is 36.2 Å². The molecule has 0 saturated carbocycles.